The molecule has 18 heavy (non-hydrogen) atoms. The Hall–Kier alpha value is -1.80. The molecule has 0 aromatic heterocycles. The van der Waals surface area contributed by atoms with Crippen molar-refractivity contribution in [1.29, 1.82) is 0 Å². The number of aryl methyl sites for hydroxylation is 1. The lowest BCUT2D eigenvalue weighted by Gasteiger charge is -2.07. The van der Waals surface area contributed by atoms with Crippen molar-refractivity contribution in [1.82, 2.24) is 0 Å². The Morgan fingerprint density at radius 3 is 2.72 bits per heavy atom. The summed E-state index contributed by atoms with van der Waals surface area (Å²) in [4.78, 5) is 12.1. The van der Waals surface area contributed by atoms with Gasteiger partial charge in [-0.2, -0.15) is 0 Å². The molecule has 0 fully saturated rings. The van der Waals surface area contributed by atoms with Gasteiger partial charge in [-0.3, -0.25) is 4.79 Å². The standard InChI is InChI=1S/C15H14ClNO/c1-11-6-8-14(9-7-11)17-15(18)12-4-2-3-5-13(16)10-12/h2-3,5-10H,4H2,1H3,(H,17,18). The molecule has 0 saturated heterocycles. The molecular formula is C15H14ClNO. The first-order valence-electron chi connectivity index (χ1n) is 5.76. The molecule has 0 spiro atoms. The highest BCUT2D eigenvalue weighted by Crippen LogP contribution is 2.17. The molecule has 0 atom stereocenters. The first kappa shape index (κ1) is 12.7. The van der Waals surface area contributed by atoms with Gasteiger partial charge in [0.2, 0.25) is 0 Å². The van der Waals surface area contributed by atoms with Gasteiger partial charge in [0.15, 0.2) is 0 Å². The summed E-state index contributed by atoms with van der Waals surface area (Å²) in [6.07, 6.45) is 7.82. The Kier molecular flexibility index (Phi) is 4.00. The lowest BCUT2D eigenvalue weighted by molar-refractivity contribution is -0.112. The molecule has 0 saturated carbocycles. The van der Waals surface area contributed by atoms with Gasteiger partial charge in [0.05, 0.1) is 0 Å². The van der Waals surface area contributed by atoms with E-state index in [-0.39, 0.29) is 5.91 Å². The normalized spacial score (nSPS) is 14.6. The van der Waals surface area contributed by atoms with Gasteiger partial charge in [0.1, 0.15) is 0 Å². The predicted molar refractivity (Wildman–Crippen MR) is 75.6 cm³/mol. The minimum Gasteiger partial charge on any atom is -0.322 e. The second-order valence-corrected chi connectivity index (χ2v) is 4.61. The molecule has 3 heteroatoms. The summed E-state index contributed by atoms with van der Waals surface area (Å²) < 4.78 is 0. The van der Waals surface area contributed by atoms with Crippen molar-refractivity contribution in [3.05, 3.63) is 64.7 Å². The van der Waals surface area contributed by atoms with E-state index in [0.29, 0.717) is 17.0 Å². The summed E-state index contributed by atoms with van der Waals surface area (Å²) in [6.45, 7) is 2.01. The van der Waals surface area contributed by atoms with Gasteiger partial charge in [-0.1, -0.05) is 41.4 Å². The van der Waals surface area contributed by atoms with Crippen LogP contribution < -0.4 is 5.32 Å². The molecular weight excluding hydrogens is 246 g/mol. The third-order valence-electron chi connectivity index (χ3n) is 2.64. The van der Waals surface area contributed by atoms with E-state index in [1.807, 2.05) is 43.3 Å². The number of benzene rings is 1. The molecule has 1 aliphatic carbocycles. The largest absolute Gasteiger partial charge is 0.322 e. The molecule has 0 aliphatic heterocycles. The van der Waals surface area contributed by atoms with Gasteiger partial charge in [-0.05, 0) is 37.6 Å². The van der Waals surface area contributed by atoms with E-state index in [9.17, 15) is 4.79 Å². The molecule has 0 radical (unpaired) electrons. The Morgan fingerprint density at radius 1 is 1.28 bits per heavy atom. The van der Waals surface area contributed by atoms with Crippen molar-refractivity contribution in [3.8, 4) is 0 Å². The van der Waals surface area contributed by atoms with E-state index in [0.717, 1.165) is 11.3 Å². The second kappa shape index (κ2) is 5.69. The maximum atomic E-state index is 12.1. The second-order valence-electron chi connectivity index (χ2n) is 4.17. The summed E-state index contributed by atoms with van der Waals surface area (Å²) in [5.41, 5.74) is 2.61. The highest BCUT2D eigenvalue weighted by molar-refractivity contribution is 6.31. The molecule has 2 rings (SSSR count). The molecule has 1 aromatic carbocycles. The minimum atomic E-state index is -0.114. The Morgan fingerprint density at radius 2 is 2.00 bits per heavy atom. The lowest BCUT2D eigenvalue weighted by Crippen LogP contribution is -2.14. The minimum absolute atomic E-state index is 0.114. The Labute approximate surface area is 112 Å². The van der Waals surface area contributed by atoms with E-state index < -0.39 is 0 Å². The summed E-state index contributed by atoms with van der Waals surface area (Å²) in [7, 11) is 0. The zero-order chi connectivity index (χ0) is 13.0. The van der Waals surface area contributed by atoms with E-state index in [1.54, 1.807) is 12.2 Å². The topological polar surface area (TPSA) is 29.1 Å². The van der Waals surface area contributed by atoms with Crippen LogP contribution in [0, 0.1) is 6.92 Å². The van der Waals surface area contributed by atoms with Gasteiger partial charge in [0, 0.05) is 16.3 Å². The first-order valence-corrected chi connectivity index (χ1v) is 6.14. The molecule has 0 bridgehead atoms. The molecule has 1 N–H and O–H groups in total. The van der Waals surface area contributed by atoms with Gasteiger partial charge in [0.25, 0.3) is 5.91 Å². The van der Waals surface area contributed by atoms with Crippen LogP contribution in [0.3, 0.4) is 0 Å². The Bertz CT molecular complexity index is 538. The summed E-state index contributed by atoms with van der Waals surface area (Å²) in [6, 6.07) is 7.70. The number of rotatable bonds is 2. The fourth-order valence-corrected chi connectivity index (χ4v) is 1.84. The SMILES string of the molecule is Cc1ccc(NC(=O)C2=CC(Cl)=CC=CC2)cc1. The molecule has 0 heterocycles. The highest BCUT2D eigenvalue weighted by atomic mass is 35.5. The monoisotopic (exact) mass is 259 g/mol. The molecule has 1 amide bonds. The van der Waals surface area contributed by atoms with Crippen LogP contribution in [-0.2, 0) is 4.79 Å². The fraction of sp³-hybridized carbons (Fsp3) is 0.133. The quantitative estimate of drug-likeness (QED) is 0.856. The number of allylic oxidation sites excluding steroid dienone is 5. The van der Waals surface area contributed by atoms with Crippen LogP contribution in [0.4, 0.5) is 5.69 Å². The number of carbonyl (C=O) groups is 1. The third-order valence-corrected chi connectivity index (χ3v) is 2.88. The average Bonchev–Trinajstić information content (AvgIpc) is 2.57. The van der Waals surface area contributed by atoms with Crippen LogP contribution >= 0.6 is 11.6 Å². The number of nitrogens with one attached hydrogen (secondary N) is 1. The van der Waals surface area contributed by atoms with Crippen LogP contribution in [0.25, 0.3) is 0 Å². The van der Waals surface area contributed by atoms with Gasteiger partial charge < -0.3 is 5.32 Å². The molecule has 2 nitrogen and oxygen atoms in total. The van der Waals surface area contributed by atoms with Crippen LogP contribution in [-0.4, -0.2) is 5.91 Å². The van der Waals surface area contributed by atoms with Crippen LogP contribution in [0.5, 0.6) is 0 Å². The number of amides is 1. The molecule has 0 unspecified atom stereocenters. The number of anilines is 1. The first-order chi connectivity index (χ1) is 8.65. The Balaban J connectivity index is 2.10. The van der Waals surface area contributed by atoms with Crippen LogP contribution in [0.15, 0.2) is 59.2 Å². The van der Waals surface area contributed by atoms with Crippen molar-refractivity contribution in [2.24, 2.45) is 0 Å². The highest BCUT2D eigenvalue weighted by Gasteiger charge is 2.10. The van der Waals surface area contributed by atoms with E-state index >= 15 is 0 Å². The zero-order valence-corrected chi connectivity index (χ0v) is 10.9. The number of hydrogen-bond donors (Lipinski definition) is 1. The maximum Gasteiger partial charge on any atom is 0.251 e. The van der Waals surface area contributed by atoms with Gasteiger partial charge >= 0.3 is 0 Å². The predicted octanol–water partition coefficient (Wildman–Crippen LogP) is 3.94. The van der Waals surface area contributed by atoms with Crippen molar-refractivity contribution in [3.63, 3.8) is 0 Å². The summed E-state index contributed by atoms with van der Waals surface area (Å²) in [5.74, 6) is -0.114. The zero-order valence-electron chi connectivity index (χ0n) is 10.1. The molecule has 1 aliphatic rings. The number of halogens is 1. The van der Waals surface area contributed by atoms with Gasteiger partial charge in [-0.15, -0.1) is 0 Å². The van der Waals surface area contributed by atoms with Crippen LogP contribution in [0.2, 0.25) is 0 Å². The van der Waals surface area contributed by atoms with Crippen molar-refractivity contribution in [2.75, 3.05) is 5.32 Å². The van der Waals surface area contributed by atoms with E-state index in [4.69, 9.17) is 11.6 Å². The van der Waals surface area contributed by atoms with Crippen LogP contribution in [0.1, 0.15) is 12.0 Å². The number of carbonyl (C=O) groups excluding carboxylic acids is 1. The third kappa shape index (κ3) is 3.34. The molecule has 1 aromatic rings. The van der Waals surface area contributed by atoms with E-state index in [1.165, 1.54) is 0 Å². The molecule has 92 valence electrons. The van der Waals surface area contributed by atoms with Crippen molar-refractivity contribution < 1.29 is 4.79 Å². The van der Waals surface area contributed by atoms with E-state index in [2.05, 4.69) is 5.32 Å². The fourth-order valence-electron chi connectivity index (χ4n) is 1.63. The average molecular weight is 260 g/mol. The maximum absolute atomic E-state index is 12.1. The van der Waals surface area contributed by atoms with Gasteiger partial charge in [-0.25, -0.2) is 0 Å². The smallest absolute Gasteiger partial charge is 0.251 e. The summed E-state index contributed by atoms with van der Waals surface area (Å²) >= 11 is 5.94. The van der Waals surface area contributed by atoms with Crippen molar-refractivity contribution in [2.45, 2.75) is 13.3 Å². The van der Waals surface area contributed by atoms with Crippen molar-refractivity contribution >= 4 is 23.2 Å². The number of hydrogen-bond acceptors (Lipinski definition) is 1. The lowest BCUT2D eigenvalue weighted by atomic mass is 10.1. The summed E-state index contributed by atoms with van der Waals surface area (Å²) in [5, 5.41) is 3.43.